The molecule has 2 aromatic carbocycles. The molecule has 0 aliphatic rings. The van der Waals surface area contributed by atoms with E-state index in [4.69, 9.17) is 0 Å². The van der Waals surface area contributed by atoms with Crippen LogP contribution in [0.2, 0.25) is 0 Å². The van der Waals surface area contributed by atoms with Crippen molar-refractivity contribution < 1.29 is 9.59 Å². The van der Waals surface area contributed by atoms with E-state index in [1.54, 1.807) is 4.90 Å². The molecule has 0 aliphatic heterocycles. The van der Waals surface area contributed by atoms with Crippen molar-refractivity contribution in [1.82, 2.24) is 10.2 Å². The Morgan fingerprint density at radius 1 is 0.839 bits per heavy atom. The maximum absolute atomic E-state index is 13.1. The lowest BCUT2D eigenvalue weighted by atomic mass is 10.00. The quantitative estimate of drug-likeness (QED) is 0.555. The lowest BCUT2D eigenvalue weighted by Crippen LogP contribution is -2.49. The molecule has 4 heteroatoms. The molecule has 4 nitrogen and oxygen atoms in total. The molecule has 0 aromatic heterocycles. The van der Waals surface area contributed by atoms with E-state index in [1.165, 1.54) is 11.1 Å². The molecular formula is C27H38N2O2. The van der Waals surface area contributed by atoms with Crippen LogP contribution in [0, 0.1) is 5.92 Å². The van der Waals surface area contributed by atoms with Crippen LogP contribution < -0.4 is 5.32 Å². The van der Waals surface area contributed by atoms with Crippen molar-refractivity contribution in [3.63, 3.8) is 0 Å². The molecule has 2 amide bonds. The average molecular weight is 423 g/mol. The van der Waals surface area contributed by atoms with Crippen molar-refractivity contribution in [2.75, 3.05) is 13.1 Å². The highest BCUT2D eigenvalue weighted by Gasteiger charge is 2.25. The summed E-state index contributed by atoms with van der Waals surface area (Å²) in [5.41, 5.74) is 3.62. The van der Waals surface area contributed by atoms with Crippen LogP contribution in [0.5, 0.6) is 0 Å². The van der Waals surface area contributed by atoms with Crippen molar-refractivity contribution in [3.05, 3.63) is 71.3 Å². The summed E-state index contributed by atoms with van der Waals surface area (Å²) in [5, 5.41) is 2.97. The van der Waals surface area contributed by atoms with E-state index in [1.807, 2.05) is 25.1 Å². The van der Waals surface area contributed by atoms with Gasteiger partial charge in [-0.05, 0) is 48.3 Å². The number of aryl methyl sites for hydroxylation is 1. The van der Waals surface area contributed by atoms with Crippen LogP contribution in [0.3, 0.4) is 0 Å². The predicted molar refractivity (Wildman–Crippen MR) is 128 cm³/mol. The van der Waals surface area contributed by atoms with Crippen LogP contribution in [-0.4, -0.2) is 35.8 Å². The van der Waals surface area contributed by atoms with Gasteiger partial charge in [-0.2, -0.15) is 0 Å². The second kappa shape index (κ2) is 12.3. The fourth-order valence-corrected chi connectivity index (χ4v) is 3.49. The van der Waals surface area contributed by atoms with Crippen molar-refractivity contribution in [1.29, 1.82) is 0 Å². The largest absolute Gasteiger partial charge is 0.354 e. The molecule has 168 valence electrons. The van der Waals surface area contributed by atoms with Gasteiger partial charge in [0.1, 0.15) is 6.04 Å². The SMILES string of the molecule is CC(C)CNC(=O)C(C)N(CCc1ccccc1)C(=O)CCc1ccc(C(C)C)cc1. The molecule has 0 heterocycles. The molecule has 0 saturated carbocycles. The van der Waals surface area contributed by atoms with Crippen LogP contribution in [0.1, 0.15) is 63.6 Å². The van der Waals surface area contributed by atoms with E-state index in [0.717, 1.165) is 12.0 Å². The van der Waals surface area contributed by atoms with Gasteiger partial charge in [-0.1, -0.05) is 82.3 Å². The number of hydrogen-bond donors (Lipinski definition) is 1. The number of carbonyl (C=O) groups excluding carboxylic acids is 2. The standard InChI is InChI=1S/C27H38N2O2/c1-20(2)19-28-27(31)22(5)29(18-17-23-9-7-6-8-10-23)26(30)16-13-24-11-14-25(15-12-24)21(3)4/h6-12,14-15,20-22H,13,16-19H2,1-5H3,(H,28,31). The minimum absolute atomic E-state index is 0.0241. The van der Waals surface area contributed by atoms with Crippen LogP contribution in [0.25, 0.3) is 0 Å². The highest BCUT2D eigenvalue weighted by atomic mass is 16.2. The van der Waals surface area contributed by atoms with Gasteiger partial charge in [0.2, 0.25) is 11.8 Å². The molecule has 1 unspecified atom stereocenters. The smallest absolute Gasteiger partial charge is 0.242 e. The minimum atomic E-state index is -0.488. The number of hydrogen-bond acceptors (Lipinski definition) is 2. The molecule has 0 spiro atoms. The molecule has 0 radical (unpaired) electrons. The number of nitrogens with zero attached hydrogens (tertiary/aromatic N) is 1. The van der Waals surface area contributed by atoms with E-state index in [-0.39, 0.29) is 11.8 Å². The average Bonchev–Trinajstić information content (AvgIpc) is 2.76. The van der Waals surface area contributed by atoms with Gasteiger partial charge in [0, 0.05) is 19.5 Å². The van der Waals surface area contributed by atoms with E-state index in [0.29, 0.717) is 37.8 Å². The minimum Gasteiger partial charge on any atom is -0.354 e. The molecule has 2 rings (SSSR count). The van der Waals surface area contributed by atoms with Gasteiger partial charge in [0.05, 0.1) is 0 Å². The molecule has 0 aliphatic carbocycles. The number of nitrogens with one attached hydrogen (secondary N) is 1. The van der Waals surface area contributed by atoms with E-state index in [2.05, 4.69) is 69.4 Å². The molecule has 1 N–H and O–H groups in total. The van der Waals surface area contributed by atoms with Crippen molar-refractivity contribution in [2.45, 2.75) is 65.8 Å². The van der Waals surface area contributed by atoms with Crippen molar-refractivity contribution in [2.24, 2.45) is 5.92 Å². The Morgan fingerprint density at radius 3 is 2.03 bits per heavy atom. The summed E-state index contributed by atoms with van der Waals surface area (Å²) < 4.78 is 0. The van der Waals surface area contributed by atoms with Crippen LogP contribution in [0.15, 0.2) is 54.6 Å². The summed E-state index contributed by atoms with van der Waals surface area (Å²) in [5.74, 6) is 0.806. The van der Waals surface area contributed by atoms with Gasteiger partial charge in [0.25, 0.3) is 0 Å². The van der Waals surface area contributed by atoms with Crippen LogP contribution >= 0.6 is 0 Å². The predicted octanol–water partition coefficient (Wildman–Crippen LogP) is 4.97. The Balaban J connectivity index is 2.04. The molecule has 0 bridgehead atoms. The van der Waals surface area contributed by atoms with Gasteiger partial charge in [-0.25, -0.2) is 0 Å². The van der Waals surface area contributed by atoms with Gasteiger partial charge < -0.3 is 10.2 Å². The second-order valence-corrected chi connectivity index (χ2v) is 9.03. The fourth-order valence-electron chi connectivity index (χ4n) is 3.49. The zero-order valence-corrected chi connectivity index (χ0v) is 19.7. The Kier molecular flexibility index (Phi) is 9.77. The Hall–Kier alpha value is -2.62. The Bertz CT molecular complexity index is 813. The molecule has 1 atom stereocenters. The third-order valence-electron chi connectivity index (χ3n) is 5.61. The van der Waals surface area contributed by atoms with Crippen molar-refractivity contribution in [3.8, 4) is 0 Å². The summed E-state index contributed by atoms with van der Waals surface area (Å²) in [6, 6.07) is 18.1. The summed E-state index contributed by atoms with van der Waals surface area (Å²) in [6.45, 7) is 11.5. The third-order valence-corrected chi connectivity index (χ3v) is 5.61. The summed E-state index contributed by atoms with van der Waals surface area (Å²) in [7, 11) is 0. The molecule has 0 saturated heterocycles. The third kappa shape index (κ3) is 8.20. The monoisotopic (exact) mass is 422 g/mol. The highest BCUT2D eigenvalue weighted by molar-refractivity contribution is 5.87. The van der Waals surface area contributed by atoms with E-state index >= 15 is 0 Å². The topological polar surface area (TPSA) is 49.4 Å². The summed E-state index contributed by atoms with van der Waals surface area (Å²) >= 11 is 0. The van der Waals surface area contributed by atoms with Crippen LogP contribution in [0.4, 0.5) is 0 Å². The van der Waals surface area contributed by atoms with Crippen molar-refractivity contribution >= 4 is 11.8 Å². The first kappa shape index (κ1) is 24.6. The molecule has 0 fully saturated rings. The lowest BCUT2D eigenvalue weighted by Gasteiger charge is -2.29. The van der Waals surface area contributed by atoms with Gasteiger partial charge in [-0.3, -0.25) is 9.59 Å². The number of benzene rings is 2. The number of amides is 2. The summed E-state index contributed by atoms with van der Waals surface area (Å²) in [4.78, 5) is 27.6. The zero-order chi connectivity index (χ0) is 22.8. The summed E-state index contributed by atoms with van der Waals surface area (Å²) in [6.07, 6.45) is 1.81. The number of rotatable bonds is 11. The highest BCUT2D eigenvalue weighted by Crippen LogP contribution is 2.16. The van der Waals surface area contributed by atoms with E-state index in [9.17, 15) is 9.59 Å². The first-order valence-electron chi connectivity index (χ1n) is 11.5. The Labute approximate surface area is 188 Å². The molecular weight excluding hydrogens is 384 g/mol. The first-order valence-corrected chi connectivity index (χ1v) is 11.5. The lowest BCUT2D eigenvalue weighted by molar-refractivity contribution is -0.139. The maximum atomic E-state index is 13.1. The van der Waals surface area contributed by atoms with Gasteiger partial charge >= 0.3 is 0 Å². The second-order valence-electron chi connectivity index (χ2n) is 9.03. The molecule has 2 aromatic rings. The maximum Gasteiger partial charge on any atom is 0.242 e. The van der Waals surface area contributed by atoms with E-state index < -0.39 is 6.04 Å². The fraction of sp³-hybridized carbons (Fsp3) is 0.481. The van der Waals surface area contributed by atoms with Crippen LogP contribution in [-0.2, 0) is 22.4 Å². The zero-order valence-electron chi connectivity index (χ0n) is 19.7. The van der Waals surface area contributed by atoms with Gasteiger partial charge in [-0.15, -0.1) is 0 Å². The normalized spacial score (nSPS) is 12.1. The Morgan fingerprint density at radius 2 is 1.45 bits per heavy atom. The first-order chi connectivity index (χ1) is 14.8. The van der Waals surface area contributed by atoms with Gasteiger partial charge in [0.15, 0.2) is 0 Å². The molecule has 31 heavy (non-hydrogen) atoms. The number of carbonyl (C=O) groups is 2.